The van der Waals surface area contributed by atoms with E-state index in [-0.39, 0.29) is 6.23 Å². The maximum atomic E-state index is 12.1. The predicted octanol–water partition coefficient (Wildman–Crippen LogP) is 4.09. The highest BCUT2D eigenvalue weighted by molar-refractivity contribution is 5.96. The number of aromatic nitrogens is 2. The van der Waals surface area contributed by atoms with Gasteiger partial charge in [-0.1, -0.05) is 0 Å². The highest BCUT2D eigenvalue weighted by atomic mass is 16.6. The van der Waals surface area contributed by atoms with Crippen LogP contribution in [0.5, 0.6) is 5.75 Å². The zero-order valence-electron chi connectivity index (χ0n) is 15.2. The highest BCUT2D eigenvalue weighted by Gasteiger charge is 2.23. The molecule has 1 aromatic carbocycles. The molecule has 1 saturated heterocycles. The second-order valence-electron chi connectivity index (χ2n) is 7.12. The van der Waals surface area contributed by atoms with Gasteiger partial charge in [0.25, 0.3) is 0 Å². The minimum atomic E-state index is -0.570. The summed E-state index contributed by atoms with van der Waals surface area (Å²) in [7, 11) is 1.58. The van der Waals surface area contributed by atoms with Crippen molar-refractivity contribution in [2.24, 2.45) is 0 Å². The summed E-state index contributed by atoms with van der Waals surface area (Å²) in [5.41, 5.74) is 0.781. The second kappa shape index (κ2) is 6.92. The Balaban J connectivity index is 1.95. The number of benzene rings is 1. The van der Waals surface area contributed by atoms with Crippen molar-refractivity contribution in [3.05, 3.63) is 18.3 Å². The SMILES string of the molecule is COc1c(NC(=O)OC(C)(C)C)ccc2cnn(C3CCCCO3)c12. The second-order valence-corrected chi connectivity index (χ2v) is 7.12. The fraction of sp³-hybridized carbons (Fsp3) is 0.556. The van der Waals surface area contributed by atoms with E-state index in [0.717, 1.165) is 36.8 Å². The van der Waals surface area contributed by atoms with E-state index >= 15 is 0 Å². The summed E-state index contributed by atoms with van der Waals surface area (Å²) in [6, 6.07) is 3.69. The number of rotatable bonds is 3. The molecule has 0 radical (unpaired) electrons. The molecule has 1 aliphatic rings. The number of hydrogen-bond donors (Lipinski definition) is 1. The molecule has 0 saturated carbocycles. The zero-order chi connectivity index (χ0) is 18.0. The summed E-state index contributed by atoms with van der Waals surface area (Å²) >= 11 is 0. The number of fused-ring (bicyclic) bond motifs is 1. The van der Waals surface area contributed by atoms with E-state index in [9.17, 15) is 4.79 Å². The van der Waals surface area contributed by atoms with Crippen molar-refractivity contribution in [1.82, 2.24) is 9.78 Å². The van der Waals surface area contributed by atoms with Gasteiger partial charge in [0.1, 0.15) is 11.1 Å². The monoisotopic (exact) mass is 347 g/mol. The van der Waals surface area contributed by atoms with Crippen LogP contribution in [0.3, 0.4) is 0 Å². The largest absolute Gasteiger partial charge is 0.492 e. The highest BCUT2D eigenvalue weighted by Crippen LogP contribution is 2.36. The van der Waals surface area contributed by atoms with Crippen molar-refractivity contribution >= 4 is 22.7 Å². The third kappa shape index (κ3) is 3.87. The number of amides is 1. The summed E-state index contributed by atoms with van der Waals surface area (Å²) in [6.45, 7) is 6.19. The number of anilines is 1. The van der Waals surface area contributed by atoms with Gasteiger partial charge < -0.3 is 14.2 Å². The van der Waals surface area contributed by atoms with Crippen LogP contribution in [0.15, 0.2) is 18.3 Å². The first-order valence-corrected chi connectivity index (χ1v) is 8.55. The average molecular weight is 347 g/mol. The maximum Gasteiger partial charge on any atom is 0.412 e. The fourth-order valence-electron chi connectivity index (χ4n) is 2.96. The summed E-state index contributed by atoms with van der Waals surface area (Å²) in [6.07, 6.45) is 4.22. The van der Waals surface area contributed by atoms with Gasteiger partial charge >= 0.3 is 6.09 Å². The quantitative estimate of drug-likeness (QED) is 0.905. The number of nitrogens with zero attached hydrogens (tertiary/aromatic N) is 2. The first-order valence-electron chi connectivity index (χ1n) is 8.55. The number of methoxy groups -OCH3 is 1. The van der Waals surface area contributed by atoms with Crippen molar-refractivity contribution in [3.63, 3.8) is 0 Å². The van der Waals surface area contributed by atoms with Gasteiger partial charge in [0, 0.05) is 12.0 Å². The summed E-state index contributed by atoms with van der Waals surface area (Å²) in [4.78, 5) is 12.1. The summed E-state index contributed by atoms with van der Waals surface area (Å²) in [5.74, 6) is 0.551. The molecule has 1 fully saturated rings. The molecular formula is C18H25N3O4. The Kier molecular flexibility index (Phi) is 4.85. The Bertz CT molecular complexity index is 758. The Morgan fingerprint density at radius 3 is 2.80 bits per heavy atom. The van der Waals surface area contributed by atoms with Gasteiger partial charge in [-0.3, -0.25) is 5.32 Å². The lowest BCUT2D eigenvalue weighted by Gasteiger charge is -2.24. The molecule has 0 bridgehead atoms. The molecule has 1 amide bonds. The molecule has 1 aromatic heterocycles. The molecular weight excluding hydrogens is 322 g/mol. The minimum absolute atomic E-state index is 0.114. The lowest BCUT2D eigenvalue weighted by atomic mass is 10.1. The van der Waals surface area contributed by atoms with Crippen LogP contribution in [0.2, 0.25) is 0 Å². The van der Waals surface area contributed by atoms with Crippen molar-refractivity contribution in [3.8, 4) is 5.75 Å². The van der Waals surface area contributed by atoms with Crippen LogP contribution in [-0.2, 0) is 9.47 Å². The van der Waals surface area contributed by atoms with Gasteiger partial charge in [-0.15, -0.1) is 0 Å². The van der Waals surface area contributed by atoms with Gasteiger partial charge in [0.05, 0.1) is 19.0 Å². The Labute approximate surface area is 147 Å². The number of carbonyl (C=O) groups is 1. The number of ether oxygens (including phenoxy) is 3. The maximum absolute atomic E-state index is 12.1. The van der Waals surface area contributed by atoms with Crippen LogP contribution >= 0.6 is 0 Å². The molecule has 1 aliphatic heterocycles. The van der Waals surface area contributed by atoms with E-state index in [0.29, 0.717) is 11.4 Å². The van der Waals surface area contributed by atoms with Gasteiger partial charge in [0.15, 0.2) is 12.0 Å². The predicted molar refractivity (Wildman–Crippen MR) is 95.0 cm³/mol. The Morgan fingerprint density at radius 2 is 2.16 bits per heavy atom. The molecule has 0 spiro atoms. The number of carbonyl (C=O) groups excluding carboxylic acids is 1. The molecule has 0 aliphatic carbocycles. The van der Waals surface area contributed by atoms with Gasteiger partial charge in [-0.05, 0) is 52.2 Å². The Hall–Kier alpha value is -2.28. The van der Waals surface area contributed by atoms with Crippen LogP contribution in [0.4, 0.5) is 10.5 Å². The first-order chi connectivity index (χ1) is 11.9. The van der Waals surface area contributed by atoms with Crippen LogP contribution in [0, 0.1) is 0 Å². The van der Waals surface area contributed by atoms with E-state index in [1.165, 1.54) is 0 Å². The molecule has 7 heteroatoms. The van der Waals surface area contributed by atoms with E-state index in [2.05, 4.69) is 10.4 Å². The van der Waals surface area contributed by atoms with E-state index in [4.69, 9.17) is 14.2 Å². The van der Waals surface area contributed by atoms with Crippen molar-refractivity contribution < 1.29 is 19.0 Å². The minimum Gasteiger partial charge on any atom is -0.492 e. The van der Waals surface area contributed by atoms with Crippen molar-refractivity contribution in [2.45, 2.75) is 51.9 Å². The van der Waals surface area contributed by atoms with Crippen LogP contribution in [0.1, 0.15) is 46.3 Å². The van der Waals surface area contributed by atoms with Crippen LogP contribution in [-0.4, -0.2) is 35.2 Å². The summed E-state index contributed by atoms with van der Waals surface area (Å²) in [5, 5.41) is 8.17. The zero-order valence-corrected chi connectivity index (χ0v) is 15.2. The van der Waals surface area contributed by atoms with E-state index in [1.54, 1.807) is 19.4 Å². The van der Waals surface area contributed by atoms with Gasteiger partial charge in [-0.25, -0.2) is 9.48 Å². The van der Waals surface area contributed by atoms with Crippen molar-refractivity contribution in [2.75, 3.05) is 19.0 Å². The fourth-order valence-corrected chi connectivity index (χ4v) is 2.96. The van der Waals surface area contributed by atoms with E-state index < -0.39 is 11.7 Å². The third-order valence-electron chi connectivity index (χ3n) is 3.98. The van der Waals surface area contributed by atoms with E-state index in [1.807, 2.05) is 31.5 Å². The van der Waals surface area contributed by atoms with Gasteiger partial charge in [-0.2, -0.15) is 5.10 Å². The third-order valence-corrected chi connectivity index (χ3v) is 3.98. The van der Waals surface area contributed by atoms with Crippen LogP contribution < -0.4 is 10.1 Å². The summed E-state index contributed by atoms with van der Waals surface area (Å²) < 4.78 is 18.6. The average Bonchev–Trinajstić information content (AvgIpc) is 2.98. The normalized spacial score (nSPS) is 18.2. The molecule has 7 nitrogen and oxygen atoms in total. The number of hydrogen-bond acceptors (Lipinski definition) is 5. The number of nitrogens with one attached hydrogen (secondary N) is 1. The molecule has 136 valence electrons. The molecule has 1 N–H and O–H groups in total. The molecule has 3 rings (SSSR count). The lowest BCUT2D eigenvalue weighted by molar-refractivity contribution is -0.0368. The van der Waals surface area contributed by atoms with Crippen molar-refractivity contribution in [1.29, 1.82) is 0 Å². The first kappa shape index (κ1) is 17.5. The van der Waals surface area contributed by atoms with Crippen LogP contribution in [0.25, 0.3) is 10.9 Å². The molecule has 2 heterocycles. The topological polar surface area (TPSA) is 74.6 Å². The molecule has 1 unspecified atom stereocenters. The lowest BCUT2D eigenvalue weighted by Crippen LogP contribution is -2.27. The molecule has 2 aromatic rings. The smallest absolute Gasteiger partial charge is 0.412 e. The van der Waals surface area contributed by atoms with Gasteiger partial charge in [0.2, 0.25) is 0 Å². The standard InChI is InChI=1S/C18H25N3O4/c1-18(2,3)25-17(22)20-13-9-8-12-11-19-21(15(12)16(13)23-4)14-7-5-6-10-24-14/h8-9,11,14H,5-7,10H2,1-4H3,(H,20,22). The molecule has 1 atom stereocenters. The molecule has 25 heavy (non-hydrogen) atoms. The Morgan fingerprint density at radius 1 is 1.36 bits per heavy atom.